The third kappa shape index (κ3) is 3.20. The van der Waals surface area contributed by atoms with Gasteiger partial charge in [0.1, 0.15) is 0 Å². The van der Waals surface area contributed by atoms with E-state index < -0.39 is 11.7 Å². The maximum atomic E-state index is 12.7. The summed E-state index contributed by atoms with van der Waals surface area (Å²) in [6, 6.07) is 15.9. The van der Waals surface area contributed by atoms with Crippen molar-refractivity contribution in [1.29, 1.82) is 0 Å². The first-order valence-electron chi connectivity index (χ1n) is 7.01. The standard InChI is InChI=1S/C17H16F3N/c18-17(19,20)14-7-4-8-15(11-14)21-16-9-13(10-16)12-5-2-1-3-6-12/h1-8,11,13,16,21H,9-10H2. The van der Waals surface area contributed by atoms with Gasteiger partial charge in [0.25, 0.3) is 0 Å². The van der Waals surface area contributed by atoms with Crippen LogP contribution in [0.3, 0.4) is 0 Å². The molecule has 0 aliphatic heterocycles. The largest absolute Gasteiger partial charge is 0.416 e. The maximum Gasteiger partial charge on any atom is 0.416 e. The van der Waals surface area contributed by atoms with E-state index in [4.69, 9.17) is 0 Å². The number of alkyl halides is 3. The molecule has 2 aromatic carbocycles. The SMILES string of the molecule is FC(F)(F)c1cccc(NC2CC(c3ccccc3)C2)c1. The minimum atomic E-state index is -4.29. The molecule has 1 nitrogen and oxygen atoms in total. The van der Waals surface area contributed by atoms with Crippen LogP contribution in [-0.4, -0.2) is 6.04 Å². The summed E-state index contributed by atoms with van der Waals surface area (Å²) in [5.41, 5.74) is 1.24. The lowest BCUT2D eigenvalue weighted by Gasteiger charge is -2.37. The van der Waals surface area contributed by atoms with Crippen LogP contribution in [0, 0.1) is 0 Å². The van der Waals surface area contributed by atoms with Crippen LogP contribution in [0.15, 0.2) is 54.6 Å². The molecular formula is C17H16F3N. The molecule has 21 heavy (non-hydrogen) atoms. The Kier molecular flexibility index (Phi) is 3.62. The van der Waals surface area contributed by atoms with Gasteiger partial charge in [-0.1, -0.05) is 36.4 Å². The number of nitrogens with one attached hydrogen (secondary N) is 1. The zero-order chi connectivity index (χ0) is 14.9. The molecule has 110 valence electrons. The molecule has 0 aromatic heterocycles. The Labute approximate surface area is 121 Å². The van der Waals surface area contributed by atoms with E-state index in [-0.39, 0.29) is 6.04 Å². The second kappa shape index (κ2) is 5.43. The number of rotatable bonds is 3. The third-order valence-corrected chi connectivity index (χ3v) is 3.97. The average molecular weight is 291 g/mol. The van der Waals surface area contributed by atoms with E-state index in [1.165, 1.54) is 17.7 Å². The van der Waals surface area contributed by atoms with Gasteiger partial charge in [-0.3, -0.25) is 0 Å². The average Bonchev–Trinajstić information content (AvgIpc) is 2.43. The van der Waals surface area contributed by atoms with Gasteiger partial charge in [0.15, 0.2) is 0 Å². The van der Waals surface area contributed by atoms with E-state index >= 15 is 0 Å². The van der Waals surface area contributed by atoms with Gasteiger partial charge in [0.05, 0.1) is 5.56 Å². The van der Waals surface area contributed by atoms with Crippen molar-refractivity contribution in [3.8, 4) is 0 Å². The Bertz CT molecular complexity index is 601. The zero-order valence-corrected chi connectivity index (χ0v) is 11.4. The van der Waals surface area contributed by atoms with Crippen LogP contribution < -0.4 is 5.32 Å². The summed E-state index contributed by atoms with van der Waals surface area (Å²) in [4.78, 5) is 0. The summed E-state index contributed by atoms with van der Waals surface area (Å²) in [6.07, 6.45) is -2.37. The van der Waals surface area contributed by atoms with Gasteiger partial charge in [-0.15, -0.1) is 0 Å². The Balaban J connectivity index is 1.60. The fourth-order valence-electron chi connectivity index (χ4n) is 2.75. The van der Waals surface area contributed by atoms with Crippen molar-refractivity contribution in [2.24, 2.45) is 0 Å². The summed E-state index contributed by atoms with van der Waals surface area (Å²) < 4.78 is 38.0. The second-order valence-electron chi connectivity index (χ2n) is 5.50. The second-order valence-corrected chi connectivity index (χ2v) is 5.50. The molecule has 0 saturated heterocycles. The van der Waals surface area contributed by atoms with Crippen molar-refractivity contribution in [3.63, 3.8) is 0 Å². The third-order valence-electron chi connectivity index (χ3n) is 3.97. The van der Waals surface area contributed by atoms with Crippen molar-refractivity contribution >= 4 is 5.69 Å². The van der Waals surface area contributed by atoms with E-state index in [9.17, 15) is 13.2 Å². The van der Waals surface area contributed by atoms with Crippen LogP contribution in [-0.2, 0) is 6.18 Å². The van der Waals surface area contributed by atoms with Crippen molar-refractivity contribution < 1.29 is 13.2 Å². The topological polar surface area (TPSA) is 12.0 Å². The van der Waals surface area contributed by atoms with Crippen molar-refractivity contribution in [2.45, 2.75) is 31.0 Å². The Morgan fingerprint density at radius 3 is 2.29 bits per heavy atom. The van der Waals surface area contributed by atoms with Crippen LogP contribution >= 0.6 is 0 Å². The first kappa shape index (κ1) is 14.0. The Morgan fingerprint density at radius 2 is 1.62 bits per heavy atom. The van der Waals surface area contributed by atoms with Crippen LogP contribution in [0.4, 0.5) is 18.9 Å². The zero-order valence-electron chi connectivity index (χ0n) is 11.4. The normalized spacial score (nSPS) is 21.7. The molecule has 1 aliphatic rings. The molecule has 1 fully saturated rings. The molecule has 0 radical (unpaired) electrons. The van der Waals surface area contributed by atoms with Crippen LogP contribution in [0.2, 0.25) is 0 Å². The molecule has 1 aliphatic carbocycles. The summed E-state index contributed by atoms with van der Waals surface area (Å²) in [6.45, 7) is 0. The smallest absolute Gasteiger partial charge is 0.382 e. The summed E-state index contributed by atoms with van der Waals surface area (Å²) >= 11 is 0. The molecule has 0 atom stereocenters. The quantitative estimate of drug-likeness (QED) is 0.833. The van der Waals surface area contributed by atoms with E-state index in [0.29, 0.717) is 11.6 Å². The van der Waals surface area contributed by atoms with E-state index in [2.05, 4.69) is 17.4 Å². The molecule has 0 unspecified atom stereocenters. The minimum Gasteiger partial charge on any atom is -0.382 e. The molecule has 0 spiro atoms. The summed E-state index contributed by atoms with van der Waals surface area (Å²) in [7, 11) is 0. The van der Waals surface area contributed by atoms with Gasteiger partial charge in [-0.05, 0) is 42.5 Å². The highest BCUT2D eigenvalue weighted by atomic mass is 19.4. The lowest BCUT2D eigenvalue weighted by molar-refractivity contribution is -0.137. The fraction of sp³-hybridized carbons (Fsp3) is 0.294. The van der Waals surface area contributed by atoms with Crippen LogP contribution in [0.1, 0.15) is 29.9 Å². The molecule has 3 rings (SSSR count). The fourth-order valence-corrected chi connectivity index (χ4v) is 2.75. The Hall–Kier alpha value is -1.97. The predicted octanol–water partition coefficient (Wildman–Crippen LogP) is 5.06. The lowest BCUT2D eigenvalue weighted by Crippen LogP contribution is -2.34. The molecule has 0 heterocycles. The van der Waals surface area contributed by atoms with Crippen molar-refractivity contribution in [3.05, 3.63) is 65.7 Å². The first-order valence-corrected chi connectivity index (χ1v) is 7.01. The molecule has 2 aromatic rings. The number of benzene rings is 2. The minimum absolute atomic E-state index is 0.249. The number of anilines is 1. The molecule has 1 saturated carbocycles. The van der Waals surface area contributed by atoms with Gasteiger partial charge < -0.3 is 5.32 Å². The van der Waals surface area contributed by atoms with Crippen LogP contribution in [0.5, 0.6) is 0 Å². The van der Waals surface area contributed by atoms with Gasteiger partial charge in [0.2, 0.25) is 0 Å². The first-order chi connectivity index (χ1) is 10.0. The summed E-state index contributed by atoms with van der Waals surface area (Å²) in [5.74, 6) is 0.509. The highest BCUT2D eigenvalue weighted by molar-refractivity contribution is 5.48. The number of hydrogen-bond acceptors (Lipinski definition) is 1. The van der Waals surface area contributed by atoms with Gasteiger partial charge in [-0.2, -0.15) is 13.2 Å². The van der Waals surface area contributed by atoms with E-state index in [0.717, 1.165) is 18.9 Å². The van der Waals surface area contributed by atoms with E-state index in [1.54, 1.807) is 6.07 Å². The molecule has 0 bridgehead atoms. The molecule has 1 N–H and O–H groups in total. The highest BCUT2D eigenvalue weighted by Gasteiger charge is 2.32. The molecule has 4 heteroatoms. The number of hydrogen-bond donors (Lipinski definition) is 1. The molecular weight excluding hydrogens is 275 g/mol. The summed E-state index contributed by atoms with van der Waals surface area (Å²) in [5, 5.41) is 3.19. The van der Waals surface area contributed by atoms with Crippen LogP contribution in [0.25, 0.3) is 0 Å². The van der Waals surface area contributed by atoms with Gasteiger partial charge >= 0.3 is 6.18 Å². The maximum absolute atomic E-state index is 12.7. The highest BCUT2D eigenvalue weighted by Crippen LogP contribution is 2.39. The predicted molar refractivity (Wildman–Crippen MR) is 77.3 cm³/mol. The number of halogens is 3. The lowest BCUT2D eigenvalue weighted by atomic mass is 9.76. The van der Waals surface area contributed by atoms with Gasteiger partial charge in [0, 0.05) is 11.7 Å². The molecule has 0 amide bonds. The van der Waals surface area contributed by atoms with Gasteiger partial charge in [-0.25, -0.2) is 0 Å². The van der Waals surface area contributed by atoms with E-state index in [1.807, 2.05) is 18.2 Å². The monoisotopic (exact) mass is 291 g/mol. The Morgan fingerprint density at radius 1 is 0.905 bits per heavy atom. The van der Waals surface area contributed by atoms with Crippen molar-refractivity contribution in [1.82, 2.24) is 0 Å². The van der Waals surface area contributed by atoms with Crippen molar-refractivity contribution in [2.75, 3.05) is 5.32 Å².